The van der Waals surface area contributed by atoms with Crippen LogP contribution in [0.5, 0.6) is 5.88 Å². The van der Waals surface area contributed by atoms with Gasteiger partial charge in [-0.2, -0.15) is 4.98 Å². The summed E-state index contributed by atoms with van der Waals surface area (Å²) in [7, 11) is 0. The standard InChI is InChI=1S/C18H24N4O/c1-14(2)23-18-13-20-12-17(21-18)22-8-5-15(6-9-22)10-16-4-3-7-19-11-16/h3-4,7,11-15H,5-6,8-10H2,1-2H3. The van der Waals surface area contributed by atoms with Crippen molar-refractivity contribution in [2.45, 2.75) is 39.2 Å². The number of aromatic nitrogens is 3. The summed E-state index contributed by atoms with van der Waals surface area (Å²) in [5, 5.41) is 0. The van der Waals surface area contributed by atoms with E-state index >= 15 is 0 Å². The van der Waals surface area contributed by atoms with Gasteiger partial charge >= 0.3 is 0 Å². The minimum absolute atomic E-state index is 0.116. The quantitative estimate of drug-likeness (QED) is 0.849. The second-order valence-electron chi connectivity index (χ2n) is 6.38. The molecule has 0 saturated carbocycles. The molecule has 0 aromatic carbocycles. The lowest BCUT2D eigenvalue weighted by Crippen LogP contribution is -2.35. The molecule has 1 aliphatic rings. The molecule has 5 nitrogen and oxygen atoms in total. The van der Waals surface area contributed by atoms with Gasteiger partial charge in [0.25, 0.3) is 0 Å². The highest BCUT2D eigenvalue weighted by Gasteiger charge is 2.21. The summed E-state index contributed by atoms with van der Waals surface area (Å²) in [5.74, 6) is 2.25. The van der Waals surface area contributed by atoms with Crippen LogP contribution in [0.1, 0.15) is 32.3 Å². The van der Waals surface area contributed by atoms with Crippen molar-refractivity contribution >= 4 is 5.82 Å². The van der Waals surface area contributed by atoms with Crippen molar-refractivity contribution in [3.8, 4) is 5.88 Å². The molecule has 0 bridgehead atoms. The van der Waals surface area contributed by atoms with Gasteiger partial charge in [-0.1, -0.05) is 6.07 Å². The van der Waals surface area contributed by atoms with E-state index in [1.165, 1.54) is 18.4 Å². The molecule has 0 spiro atoms. The van der Waals surface area contributed by atoms with Crippen LogP contribution >= 0.6 is 0 Å². The highest BCUT2D eigenvalue weighted by atomic mass is 16.5. The normalized spacial score (nSPS) is 15.9. The van der Waals surface area contributed by atoms with E-state index in [-0.39, 0.29) is 6.10 Å². The van der Waals surface area contributed by atoms with Crippen LogP contribution in [0.25, 0.3) is 0 Å². The second-order valence-corrected chi connectivity index (χ2v) is 6.38. The number of nitrogens with zero attached hydrogens (tertiary/aromatic N) is 4. The largest absolute Gasteiger partial charge is 0.474 e. The predicted molar refractivity (Wildman–Crippen MR) is 90.7 cm³/mol. The number of piperidine rings is 1. The Kier molecular flexibility index (Phi) is 5.05. The van der Waals surface area contributed by atoms with Crippen LogP contribution in [0.15, 0.2) is 36.9 Å². The molecule has 1 saturated heterocycles. The predicted octanol–water partition coefficient (Wildman–Crippen LogP) is 3.12. The maximum Gasteiger partial charge on any atom is 0.234 e. The Bertz CT molecular complexity index is 609. The Morgan fingerprint density at radius 1 is 1.17 bits per heavy atom. The van der Waals surface area contributed by atoms with E-state index in [1.54, 1.807) is 6.20 Å². The van der Waals surface area contributed by atoms with Gasteiger partial charge in [-0.25, -0.2) is 0 Å². The molecule has 0 aliphatic carbocycles. The molecule has 23 heavy (non-hydrogen) atoms. The molecule has 5 heteroatoms. The lowest BCUT2D eigenvalue weighted by Gasteiger charge is -2.32. The van der Waals surface area contributed by atoms with Gasteiger partial charge in [0.15, 0.2) is 5.82 Å². The number of hydrogen-bond acceptors (Lipinski definition) is 5. The van der Waals surface area contributed by atoms with E-state index in [2.05, 4.69) is 25.9 Å². The van der Waals surface area contributed by atoms with Gasteiger partial charge in [0.2, 0.25) is 5.88 Å². The average Bonchev–Trinajstić information content (AvgIpc) is 2.56. The molecule has 0 atom stereocenters. The smallest absolute Gasteiger partial charge is 0.234 e. The number of anilines is 1. The van der Waals surface area contributed by atoms with Gasteiger partial charge in [0.05, 0.1) is 18.5 Å². The van der Waals surface area contributed by atoms with Gasteiger partial charge in [-0.05, 0) is 50.7 Å². The topological polar surface area (TPSA) is 51.1 Å². The van der Waals surface area contributed by atoms with E-state index in [0.717, 1.165) is 31.2 Å². The molecule has 2 aromatic heterocycles. The average molecular weight is 312 g/mol. The Balaban J connectivity index is 1.56. The molecule has 0 radical (unpaired) electrons. The number of rotatable bonds is 5. The highest BCUT2D eigenvalue weighted by Crippen LogP contribution is 2.25. The Hall–Kier alpha value is -2.17. The number of ether oxygens (including phenoxy) is 1. The first kappa shape index (κ1) is 15.7. The molecule has 2 aromatic rings. The van der Waals surface area contributed by atoms with E-state index in [4.69, 9.17) is 4.74 Å². The lowest BCUT2D eigenvalue weighted by molar-refractivity contribution is 0.231. The van der Waals surface area contributed by atoms with Gasteiger partial charge in [-0.3, -0.25) is 9.97 Å². The second kappa shape index (κ2) is 7.40. The van der Waals surface area contributed by atoms with E-state index in [1.807, 2.05) is 38.5 Å². The van der Waals surface area contributed by atoms with Crippen LogP contribution < -0.4 is 9.64 Å². The van der Waals surface area contributed by atoms with Gasteiger partial charge < -0.3 is 9.64 Å². The minimum Gasteiger partial charge on any atom is -0.474 e. The zero-order valence-electron chi connectivity index (χ0n) is 13.9. The van der Waals surface area contributed by atoms with Crippen molar-refractivity contribution in [3.63, 3.8) is 0 Å². The van der Waals surface area contributed by atoms with Gasteiger partial charge in [-0.15, -0.1) is 0 Å². The third kappa shape index (κ3) is 4.41. The van der Waals surface area contributed by atoms with Crippen molar-refractivity contribution in [2.75, 3.05) is 18.0 Å². The van der Waals surface area contributed by atoms with Crippen LogP contribution in [0.3, 0.4) is 0 Å². The zero-order chi connectivity index (χ0) is 16.1. The Morgan fingerprint density at radius 2 is 2.00 bits per heavy atom. The third-order valence-electron chi connectivity index (χ3n) is 4.14. The van der Waals surface area contributed by atoms with Crippen LogP contribution in [0.4, 0.5) is 5.82 Å². The van der Waals surface area contributed by atoms with E-state index in [9.17, 15) is 0 Å². The number of pyridine rings is 1. The summed E-state index contributed by atoms with van der Waals surface area (Å²) >= 11 is 0. The first-order valence-corrected chi connectivity index (χ1v) is 8.33. The molecular formula is C18H24N4O. The van der Waals surface area contributed by atoms with Crippen molar-refractivity contribution < 1.29 is 4.74 Å². The molecule has 0 unspecified atom stereocenters. The lowest BCUT2D eigenvalue weighted by atomic mass is 9.91. The SMILES string of the molecule is CC(C)Oc1cncc(N2CCC(Cc3cccnc3)CC2)n1. The fraction of sp³-hybridized carbons (Fsp3) is 0.500. The summed E-state index contributed by atoms with van der Waals surface area (Å²) in [6, 6.07) is 4.18. The summed E-state index contributed by atoms with van der Waals surface area (Å²) < 4.78 is 5.64. The molecule has 122 valence electrons. The van der Waals surface area contributed by atoms with Crippen molar-refractivity contribution in [1.82, 2.24) is 15.0 Å². The Labute approximate surface area is 137 Å². The first-order valence-electron chi connectivity index (χ1n) is 8.33. The first-order chi connectivity index (χ1) is 11.2. The molecule has 1 aliphatic heterocycles. The van der Waals surface area contributed by atoms with Crippen LogP contribution in [-0.4, -0.2) is 34.1 Å². The van der Waals surface area contributed by atoms with Crippen LogP contribution in [0, 0.1) is 5.92 Å². The molecular weight excluding hydrogens is 288 g/mol. The highest BCUT2D eigenvalue weighted by molar-refractivity contribution is 5.38. The van der Waals surface area contributed by atoms with E-state index in [0.29, 0.717) is 5.88 Å². The summed E-state index contributed by atoms with van der Waals surface area (Å²) in [4.78, 5) is 15.3. The van der Waals surface area contributed by atoms with E-state index < -0.39 is 0 Å². The van der Waals surface area contributed by atoms with Crippen LogP contribution in [0.2, 0.25) is 0 Å². The molecule has 3 rings (SSSR count). The molecule has 3 heterocycles. The van der Waals surface area contributed by atoms with Crippen LogP contribution in [-0.2, 0) is 6.42 Å². The Morgan fingerprint density at radius 3 is 2.70 bits per heavy atom. The van der Waals surface area contributed by atoms with Gasteiger partial charge in [0.1, 0.15) is 0 Å². The third-order valence-corrected chi connectivity index (χ3v) is 4.14. The van der Waals surface area contributed by atoms with Crippen molar-refractivity contribution in [2.24, 2.45) is 5.92 Å². The fourth-order valence-corrected chi connectivity index (χ4v) is 3.01. The monoisotopic (exact) mass is 312 g/mol. The molecule has 1 fully saturated rings. The fourth-order valence-electron chi connectivity index (χ4n) is 3.01. The summed E-state index contributed by atoms with van der Waals surface area (Å²) in [6.07, 6.45) is 10.9. The zero-order valence-corrected chi connectivity index (χ0v) is 13.9. The summed E-state index contributed by atoms with van der Waals surface area (Å²) in [6.45, 7) is 6.03. The maximum absolute atomic E-state index is 5.64. The van der Waals surface area contributed by atoms with Gasteiger partial charge in [0, 0.05) is 25.5 Å². The summed E-state index contributed by atoms with van der Waals surface area (Å²) in [5.41, 5.74) is 1.33. The maximum atomic E-state index is 5.64. The van der Waals surface area contributed by atoms with Crippen molar-refractivity contribution in [1.29, 1.82) is 0 Å². The number of hydrogen-bond donors (Lipinski definition) is 0. The molecule has 0 amide bonds. The minimum atomic E-state index is 0.116. The molecule has 0 N–H and O–H groups in total. The van der Waals surface area contributed by atoms with Crippen molar-refractivity contribution in [3.05, 3.63) is 42.5 Å².